The third-order valence-corrected chi connectivity index (χ3v) is 6.18. The van der Waals surface area contributed by atoms with E-state index in [9.17, 15) is 24.5 Å². The average Bonchev–Trinajstić information content (AvgIpc) is 2.78. The molecule has 4 amide bonds. The van der Waals surface area contributed by atoms with Crippen LogP contribution in [0.1, 0.15) is 5.56 Å². The molecule has 2 saturated heterocycles. The van der Waals surface area contributed by atoms with Crippen molar-refractivity contribution in [2.24, 2.45) is 5.41 Å². The Balaban J connectivity index is 1.68. The number of hydrogen-bond acceptors (Lipinski definition) is 7. The SMILES string of the molecule is O=C1NC(=O)[C@]2(Cc3cc([N+](=O)[O-])ccc3N3CCOC[C@H]32)C(=O)N1c1ccccc1. The van der Waals surface area contributed by atoms with Gasteiger partial charge >= 0.3 is 6.03 Å². The van der Waals surface area contributed by atoms with Gasteiger partial charge in [-0.1, -0.05) is 18.2 Å². The Kier molecular flexibility index (Phi) is 4.26. The van der Waals surface area contributed by atoms with Crippen molar-refractivity contribution in [3.8, 4) is 0 Å². The van der Waals surface area contributed by atoms with Crippen LogP contribution in [-0.2, 0) is 20.7 Å². The van der Waals surface area contributed by atoms with E-state index in [4.69, 9.17) is 4.74 Å². The van der Waals surface area contributed by atoms with Crippen LogP contribution in [0.5, 0.6) is 0 Å². The summed E-state index contributed by atoms with van der Waals surface area (Å²) in [7, 11) is 0. The summed E-state index contributed by atoms with van der Waals surface area (Å²) in [6, 6.07) is 11.3. The normalized spacial score (nSPS) is 25.2. The van der Waals surface area contributed by atoms with Gasteiger partial charge in [0.1, 0.15) is 0 Å². The molecule has 1 spiro atoms. The van der Waals surface area contributed by atoms with Crippen molar-refractivity contribution in [1.29, 1.82) is 0 Å². The number of carbonyl (C=O) groups excluding carboxylic acids is 3. The van der Waals surface area contributed by atoms with Crippen molar-refractivity contribution in [2.45, 2.75) is 12.5 Å². The number of rotatable bonds is 2. The summed E-state index contributed by atoms with van der Waals surface area (Å²) in [4.78, 5) is 53.4. The second kappa shape index (κ2) is 6.88. The van der Waals surface area contributed by atoms with Crippen molar-refractivity contribution in [3.63, 3.8) is 0 Å². The lowest BCUT2D eigenvalue weighted by Crippen LogP contribution is -2.74. The molecule has 0 aliphatic carbocycles. The van der Waals surface area contributed by atoms with E-state index in [2.05, 4.69) is 5.32 Å². The first-order chi connectivity index (χ1) is 14.9. The summed E-state index contributed by atoms with van der Waals surface area (Å²) in [5, 5.41) is 13.6. The molecule has 3 aliphatic heterocycles. The molecular weight excluding hydrogens is 404 g/mol. The van der Waals surface area contributed by atoms with Crippen LogP contribution in [0.2, 0.25) is 0 Å². The highest BCUT2D eigenvalue weighted by atomic mass is 16.6. The van der Waals surface area contributed by atoms with Gasteiger partial charge in [0.25, 0.3) is 11.6 Å². The zero-order valence-electron chi connectivity index (χ0n) is 16.3. The van der Waals surface area contributed by atoms with Crippen LogP contribution < -0.4 is 15.1 Å². The van der Waals surface area contributed by atoms with Crippen LogP contribution >= 0.6 is 0 Å². The van der Waals surface area contributed by atoms with Gasteiger partial charge in [-0.3, -0.25) is 25.0 Å². The van der Waals surface area contributed by atoms with E-state index in [1.807, 2.05) is 4.90 Å². The molecule has 10 nitrogen and oxygen atoms in total. The summed E-state index contributed by atoms with van der Waals surface area (Å²) in [5.74, 6) is -1.38. The number of morpholine rings is 1. The maximum atomic E-state index is 13.8. The molecular formula is C21H18N4O6. The Morgan fingerprint density at radius 2 is 1.90 bits per heavy atom. The third-order valence-electron chi connectivity index (χ3n) is 6.18. The number of urea groups is 1. The highest BCUT2D eigenvalue weighted by Crippen LogP contribution is 2.46. The highest BCUT2D eigenvalue weighted by Gasteiger charge is 2.63. The van der Waals surface area contributed by atoms with Crippen molar-refractivity contribution < 1.29 is 24.0 Å². The molecule has 2 atom stereocenters. The number of ether oxygens (including phenoxy) is 1. The van der Waals surface area contributed by atoms with E-state index >= 15 is 0 Å². The van der Waals surface area contributed by atoms with E-state index in [-0.39, 0.29) is 18.7 Å². The molecule has 0 saturated carbocycles. The fraction of sp³-hybridized carbons (Fsp3) is 0.286. The number of nitrogens with one attached hydrogen (secondary N) is 1. The third kappa shape index (κ3) is 2.72. The second-order valence-corrected chi connectivity index (χ2v) is 7.74. The lowest BCUT2D eigenvalue weighted by molar-refractivity contribution is -0.384. The van der Waals surface area contributed by atoms with Crippen LogP contribution in [0.15, 0.2) is 48.5 Å². The minimum atomic E-state index is -1.66. The summed E-state index contributed by atoms with van der Waals surface area (Å²) in [6.07, 6.45) is -0.0736. The Hall–Kier alpha value is -3.79. The predicted molar refractivity (Wildman–Crippen MR) is 109 cm³/mol. The molecule has 0 aromatic heterocycles. The van der Waals surface area contributed by atoms with Crippen LogP contribution in [0, 0.1) is 15.5 Å². The number of nitrogens with zero attached hydrogens (tertiary/aromatic N) is 3. The number of imide groups is 2. The number of barbiturate groups is 1. The van der Waals surface area contributed by atoms with Gasteiger partial charge in [-0.05, 0) is 23.8 Å². The van der Waals surface area contributed by atoms with Gasteiger partial charge in [0, 0.05) is 30.8 Å². The standard InChI is InChI=1S/C21H18N4O6/c26-18-21(19(27)24(20(28)22-18)14-4-2-1-3-5-14)11-13-10-15(25(29)30)6-7-16(13)23-8-9-31-12-17(21)23/h1-7,10,17H,8-9,11-12H2,(H,22,26,28)/t17-,21+/m0/s1. The van der Waals surface area contributed by atoms with Crippen molar-refractivity contribution in [1.82, 2.24) is 5.32 Å². The zero-order chi connectivity index (χ0) is 21.8. The van der Waals surface area contributed by atoms with E-state index < -0.39 is 34.2 Å². The first-order valence-electron chi connectivity index (χ1n) is 9.80. The predicted octanol–water partition coefficient (Wildman–Crippen LogP) is 1.63. The van der Waals surface area contributed by atoms with Gasteiger partial charge in [-0.25, -0.2) is 9.69 Å². The highest BCUT2D eigenvalue weighted by molar-refractivity contribution is 6.30. The number of fused-ring (bicyclic) bond motifs is 4. The molecule has 158 valence electrons. The van der Waals surface area contributed by atoms with Crippen LogP contribution in [-0.4, -0.2) is 48.6 Å². The number of para-hydroxylation sites is 1. The molecule has 3 aliphatic rings. The van der Waals surface area contributed by atoms with Crippen molar-refractivity contribution >= 4 is 34.9 Å². The molecule has 2 fully saturated rings. The number of amides is 4. The Labute approximate surface area is 176 Å². The number of benzene rings is 2. The monoisotopic (exact) mass is 422 g/mol. The summed E-state index contributed by atoms with van der Waals surface area (Å²) >= 11 is 0. The Morgan fingerprint density at radius 1 is 1.13 bits per heavy atom. The Morgan fingerprint density at radius 3 is 2.65 bits per heavy atom. The minimum Gasteiger partial charge on any atom is -0.377 e. The van der Waals surface area contributed by atoms with Gasteiger partial charge < -0.3 is 9.64 Å². The largest absolute Gasteiger partial charge is 0.377 e. The molecule has 0 unspecified atom stereocenters. The lowest BCUT2D eigenvalue weighted by Gasteiger charge is -2.53. The minimum absolute atomic E-state index is 0.0736. The summed E-state index contributed by atoms with van der Waals surface area (Å²) < 4.78 is 5.62. The van der Waals surface area contributed by atoms with E-state index in [1.165, 1.54) is 12.1 Å². The number of non-ortho nitro benzene ring substituents is 1. The molecule has 5 rings (SSSR count). The maximum Gasteiger partial charge on any atom is 0.335 e. The van der Waals surface area contributed by atoms with E-state index in [0.717, 1.165) is 10.6 Å². The number of hydrogen-bond donors (Lipinski definition) is 1. The topological polar surface area (TPSA) is 122 Å². The molecule has 0 bridgehead atoms. The van der Waals surface area contributed by atoms with Crippen molar-refractivity contribution in [2.75, 3.05) is 29.6 Å². The summed E-state index contributed by atoms with van der Waals surface area (Å²) in [6.45, 7) is 0.920. The number of anilines is 2. The van der Waals surface area contributed by atoms with Gasteiger partial charge in [0.15, 0.2) is 5.41 Å². The first kappa shape index (κ1) is 19.2. The van der Waals surface area contributed by atoms with Crippen LogP contribution in [0.3, 0.4) is 0 Å². The van der Waals surface area contributed by atoms with Gasteiger partial charge in [0.05, 0.1) is 29.9 Å². The van der Waals surface area contributed by atoms with Gasteiger partial charge in [0.2, 0.25) is 5.91 Å². The van der Waals surface area contributed by atoms with E-state index in [0.29, 0.717) is 24.4 Å². The zero-order valence-corrected chi connectivity index (χ0v) is 16.3. The summed E-state index contributed by atoms with van der Waals surface area (Å²) in [5.41, 5.74) is -0.205. The van der Waals surface area contributed by atoms with Gasteiger partial charge in [-0.15, -0.1) is 0 Å². The maximum absolute atomic E-state index is 13.8. The number of nitro benzene ring substituents is 1. The second-order valence-electron chi connectivity index (χ2n) is 7.74. The first-order valence-corrected chi connectivity index (χ1v) is 9.80. The fourth-order valence-corrected chi connectivity index (χ4v) is 4.74. The molecule has 3 heterocycles. The fourth-order valence-electron chi connectivity index (χ4n) is 4.74. The molecule has 2 aromatic carbocycles. The average molecular weight is 422 g/mol. The van der Waals surface area contributed by atoms with Gasteiger partial charge in [-0.2, -0.15) is 0 Å². The quantitative estimate of drug-likeness (QED) is 0.443. The lowest BCUT2D eigenvalue weighted by atomic mass is 9.68. The molecule has 0 radical (unpaired) electrons. The molecule has 2 aromatic rings. The van der Waals surface area contributed by atoms with Crippen molar-refractivity contribution in [3.05, 3.63) is 64.2 Å². The Bertz CT molecular complexity index is 1120. The smallest absolute Gasteiger partial charge is 0.335 e. The number of carbonyl (C=O) groups is 3. The molecule has 1 N–H and O–H groups in total. The van der Waals surface area contributed by atoms with Crippen LogP contribution in [0.4, 0.5) is 21.9 Å². The number of nitro groups is 1. The van der Waals surface area contributed by atoms with Crippen LogP contribution in [0.25, 0.3) is 0 Å². The van der Waals surface area contributed by atoms with E-state index in [1.54, 1.807) is 36.4 Å². The molecule has 10 heteroatoms. The molecule has 31 heavy (non-hydrogen) atoms.